The molecule has 3 N–H and O–H groups in total. The van der Waals surface area contributed by atoms with Crippen molar-refractivity contribution in [3.8, 4) is 5.88 Å². The fraction of sp³-hybridized carbons (Fsp3) is 0.321. The summed E-state index contributed by atoms with van der Waals surface area (Å²) in [4.78, 5) is 13.2. The second kappa shape index (κ2) is 10.9. The molecule has 4 rings (SSSR count). The number of carbonyl (C=O) groups is 1. The number of carbonyl (C=O) groups excluding carboxylic acids is 1. The summed E-state index contributed by atoms with van der Waals surface area (Å²) >= 11 is 7.19. The molecule has 0 bridgehead atoms. The van der Waals surface area contributed by atoms with Crippen molar-refractivity contribution in [1.82, 2.24) is 4.57 Å². The van der Waals surface area contributed by atoms with Gasteiger partial charge in [-0.2, -0.15) is 0 Å². The van der Waals surface area contributed by atoms with Gasteiger partial charge >= 0.3 is 0 Å². The molecule has 0 atom stereocenters. The Labute approximate surface area is 228 Å². The van der Waals surface area contributed by atoms with E-state index in [1.807, 2.05) is 36.5 Å². The van der Waals surface area contributed by atoms with Gasteiger partial charge in [0.25, 0.3) is 5.91 Å². The molecule has 196 valence electrons. The number of aromatic nitrogens is 1. The molecule has 1 amide bonds. The molecule has 0 radical (unpaired) electrons. The van der Waals surface area contributed by atoms with Crippen LogP contribution in [0.1, 0.15) is 36.0 Å². The van der Waals surface area contributed by atoms with Crippen LogP contribution in [0.4, 0.5) is 11.4 Å². The first-order valence-corrected chi connectivity index (χ1v) is 16.4. The number of rotatable bonds is 9. The van der Waals surface area contributed by atoms with Crippen molar-refractivity contribution in [1.29, 1.82) is 0 Å². The zero-order valence-corrected chi connectivity index (χ0v) is 24.5. The predicted molar refractivity (Wildman–Crippen MR) is 158 cm³/mol. The highest BCUT2D eigenvalue weighted by molar-refractivity contribution is 7.18. The average Bonchev–Trinajstić information content (AvgIpc) is 3.40. The van der Waals surface area contributed by atoms with Gasteiger partial charge in [0.2, 0.25) is 5.88 Å². The van der Waals surface area contributed by atoms with E-state index in [-0.39, 0.29) is 16.8 Å². The molecular formula is C28H34ClN3O3SSi. The van der Waals surface area contributed by atoms with Gasteiger partial charge in [-0.15, -0.1) is 11.3 Å². The Hall–Kier alpha value is -2.78. The van der Waals surface area contributed by atoms with Crippen LogP contribution in [0.15, 0.2) is 60.8 Å². The zero-order chi connectivity index (χ0) is 26.8. The van der Waals surface area contributed by atoms with Gasteiger partial charge in [-0.05, 0) is 54.0 Å². The van der Waals surface area contributed by atoms with Crippen LogP contribution in [0.2, 0.25) is 22.5 Å². The Kier molecular flexibility index (Phi) is 8.04. The summed E-state index contributed by atoms with van der Waals surface area (Å²) in [6.45, 7) is 13.1. The number of thiophene rings is 1. The van der Waals surface area contributed by atoms with Gasteiger partial charge in [-0.25, -0.2) is 0 Å². The summed E-state index contributed by atoms with van der Waals surface area (Å²) in [5.74, 6) is -0.149. The molecule has 0 fully saturated rings. The van der Waals surface area contributed by atoms with E-state index >= 15 is 0 Å². The van der Waals surface area contributed by atoms with Crippen LogP contribution in [0.25, 0.3) is 10.8 Å². The topological polar surface area (TPSA) is 75.5 Å². The molecule has 2 heterocycles. The highest BCUT2D eigenvalue weighted by atomic mass is 35.5. The number of hydrogen-bond acceptors (Lipinski definition) is 5. The van der Waals surface area contributed by atoms with Gasteiger partial charge in [0.1, 0.15) is 0 Å². The van der Waals surface area contributed by atoms with Crippen molar-refractivity contribution < 1.29 is 14.3 Å². The van der Waals surface area contributed by atoms with E-state index in [1.54, 1.807) is 22.8 Å². The number of fused-ring (bicyclic) bond motifs is 1. The molecule has 0 aliphatic rings. The van der Waals surface area contributed by atoms with Crippen molar-refractivity contribution in [2.24, 2.45) is 0 Å². The Morgan fingerprint density at radius 2 is 1.89 bits per heavy atom. The largest absolute Gasteiger partial charge is 0.494 e. The van der Waals surface area contributed by atoms with Crippen molar-refractivity contribution in [3.05, 3.63) is 75.6 Å². The van der Waals surface area contributed by atoms with E-state index in [0.717, 1.165) is 23.2 Å². The van der Waals surface area contributed by atoms with Gasteiger partial charge in [-0.1, -0.05) is 56.6 Å². The number of benzene rings is 2. The number of halogens is 1. The third-order valence-corrected chi connectivity index (χ3v) is 12.7. The highest BCUT2D eigenvalue weighted by Crippen LogP contribution is 2.37. The number of amides is 1. The molecule has 9 heteroatoms. The van der Waals surface area contributed by atoms with Crippen LogP contribution in [0.5, 0.6) is 5.88 Å². The second-order valence-corrected chi connectivity index (χ2v) is 17.2. The van der Waals surface area contributed by atoms with E-state index in [2.05, 4.69) is 50.6 Å². The number of nitrogens with zero attached hydrogens (tertiary/aromatic N) is 1. The van der Waals surface area contributed by atoms with Crippen LogP contribution >= 0.6 is 22.9 Å². The summed E-state index contributed by atoms with van der Waals surface area (Å²) in [7, 11) is -1.76. The summed E-state index contributed by atoms with van der Waals surface area (Å²) < 4.78 is 8.61. The van der Waals surface area contributed by atoms with Crippen LogP contribution in [-0.4, -0.2) is 37.0 Å². The Morgan fingerprint density at radius 1 is 1.14 bits per heavy atom. The molecule has 2 aromatic heterocycles. The Balaban J connectivity index is 1.45. The van der Waals surface area contributed by atoms with Crippen molar-refractivity contribution >= 4 is 59.3 Å². The van der Waals surface area contributed by atoms with Crippen LogP contribution in [-0.2, 0) is 11.0 Å². The zero-order valence-electron chi connectivity index (χ0n) is 21.9. The van der Waals surface area contributed by atoms with Gasteiger partial charge in [0.05, 0.1) is 33.4 Å². The normalized spacial score (nSPS) is 12.2. The number of hydrogen-bond donors (Lipinski definition) is 3. The van der Waals surface area contributed by atoms with Crippen LogP contribution in [0, 0.1) is 0 Å². The van der Waals surface area contributed by atoms with Crippen molar-refractivity contribution in [2.75, 3.05) is 23.8 Å². The van der Waals surface area contributed by atoms with Gasteiger partial charge in [-0.3, -0.25) is 4.79 Å². The molecule has 0 aliphatic heterocycles. The molecule has 0 spiro atoms. The first-order chi connectivity index (χ1) is 17.4. The second-order valence-electron chi connectivity index (χ2n) is 10.6. The molecule has 0 saturated carbocycles. The van der Waals surface area contributed by atoms with E-state index in [1.165, 1.54) is 11.3 Å². The maximum Gasteiger partial charge on any atom is 0.265 e. The monoisotopic (exact) mass is 555 g/mol. The van der Waals surface area contributed by atoms with Crippen molar-refractivity contribution in [2.45, 2.75) is 45.4 Å². The minimum Gasteiger partial charge on any atom is -0.494 e. The SMILES string of the molecule is CC(C)(C)[Si](C)(C)OCCNc1cccc(Cn2cc3cccc(NC(=O)c4ccc(Cl)s4)c3c2O)c1. The maximum atomic E-state index is 12.7. The average molecular weight is 556 g/mol. The third kappa shape index (κ3) is 6.38. The summed E-state index contributed by atoms with van der Waals surface area (Å²) in [5.41, 5.74) is 2.61. The van der Waals surface area contributed by atoms with E-state index in [4.69, 9.17) is 16.0 Å². The fourth-order valence-electron chi connectivity index (χ4n) is 3.84. The molecule has 0 aliphatic carbocycles. The Bertz CT molecular complexity index is 1410. The smallest absolute Gasteiger partial charge is 0.265 e. The lowest BCUT2D eigenvalue weighted by Crippen LogP contribution is -2.41. The molecule has 0 saturated heterocycles. The first-order valence-electron chi connectivity index (χ1n) is 12.3. The lowest BCUT2D eigenvalue weighted by atomic mass is 10.2. The van der Waals surface area contributed by atoms with Gasteiger partial charge in [0, 0.05) is 23.8 Å². The number of anilines is 2. The van der Waals surface area contributed by atoms with Crippen LogP contribution < -0.4 is 10.6 Å². The lowest BCUT2D eigenvalue weighted by molar-refractivity contribution is 0.103. The maximum absolute atomic E-state index is 12.7. The highest BCUT2D eigenvalue weighted by Gasteiger charge is 2.36. The standard InChI is InChI=1S/C28H34ClN3O3SSi/c1-28(2,3)37(4,5)35-15-14-30-21-10-6-8-19(16-21)17-32-18-20-9-7-11-22(25(20)27(32)34)31-26(33)23-12-13-24(29)36-23/h6-13,16,18,30,34H,14-15,17H2,1-5H3,(H,31,33). The summed E-state index contributed by atoms with van der Waals surface area (Å²) in [6.07, 6.45) is 1.90. The molecule has 37 heavy (non-hydrogen) atoms. The quantitative estimate of drug-likeness (QED) is 0.145. The molecule has 2 aromatic carbocycles. The first kappa shape index (κ1) is 27.3. The Morgan fingerprint density at radius 3 is 2.59 bits per heavy atom. The van der Waals surface area contributed by atoms with E-state index < -0.39 is 8.32 Å². The van der Waals surface area contributed by atoms with Gasteiger partial charge < -0.3 is 24.7 Å². The fourth-order valence-corrected chi connectivity index (χ4v) is 5.82. The molecular weight excluding hydrogens is 522 g/mol. The minimum atomic E-state index is -1.76. The lowest BCUT2D eigenvalue weighted by Gasteiger charge is -2.36. The van der Waals surface area contributed by atoms with E-state index in [0.29, 0.717) is 33.4 Å². The molecule has 0 unspecified atom stereocenters. The summed E-state index contributed by atoms with van der Waals surface area (Å²) in [6, 6.07) is 17.1. The van der Waals surface area contributed by atoms with Gasteiger partial charge in [0.15, 0.2) is 8.32 Å². The predicted octanol–water partition coefficient (Wildman–Crippen LogP) is 7.80. The minimum absolute atomic E-state index is 0.108. The third-order valence-electron chi connectivity index (χ3n) is 6.91. The van der Waals surface area contributed by atoms with Crippen molar-refractivity contribution in [3.63, 3.8) is 0 Å². The van der Waals surface area contributed by atoms with E-state index in [9.17, 15) is 9.90 Å². The number of aromatic hydroxyl groups is 1. The molecule has 4 aromatic rings. The van der Waals surface area contributed by atoms with Crippen LogP contribution in [0.3, 0.4) is 0 Å². The molecule has 6 nitrogen and oxygen atoms in total. The number of nitrogens with one attached hydrogen (secondary N) is 2. The summed E-state index contributed by atoms with van der Waals surface area (Å²) in [5, 5.41) is 19.1.